The van der Waals surface area contributed by atoms with Crippen LogP contribution in [0.15, 0.2) is 73.1 Å². The van der Waals surface area contributed by atoms with Gasteiger partial charge in [-0.1, -0.05) is 18.2 Å². The summed E-state index contributed by atoms with van der Waals surface area (Å²) >= 11 is 0. The van der Waals surface area contributed by atoms with Crippen LogP contribution in [0.4, 0.5) is 5.69 Å². The first-order valence-electron chi connectivity index (χ1n) is 9.08. The van der Waals surface area contributed by atoms with E-state index in [1.165, 1.54) is 0 Å². The number of carbonyl (C=O) groups is 1. The molecule has 2 heterocycles. The molecule has 0 bridgehead atoms. The van der Waals surface area contributed by atoms with Gasteiger partial charge in [0.15, 0.2) is 0 Å². The number of amides is 1. The molecule has 1 N–H and O–H groups in total. The number of rotatable bonds is 5. The van der Waals surface area contributed by atoms with Gasteiger partial charge in [-0.3, -0.25) is 4.79 Å². The molecule has 29 heavy (non-hydrogen) atoms. The van der Waals surface area contributed by atoms with E-state index in [0.29, 0.717) is 22.9 Å². The molecular weight excluding hydrogens is 366 g/mol. The van der Waals surface area contributed by atoms with Crippen LogP contribution in [0.25, 0.3) is 5.95 Å². The number of hydrogen-bond donors (Lipinski definition) is 1. The normalized spacial score (nSPS) is 10.6. The number of anilines is 1. The Balaban J connectivity index is 1.42. The van der Waals surface area contributed by atoms with Gasteiger partial charge in [0.2, 0.25) is 0 Å². The second-order valence-corrected chi connectivity index (χ2v) is 6.50. The van der Waals surface area contributed by atoms with E-state index in [1.54, 1.807) is 41.3 Å². The molecule has 0 aliphatic carbocycles. The molecule has 2 aromatic carbocycles. The Bertz CT molecular complexity index is 1120. The molecule has 0 saturated carbocycles. The van der Waals surface area contributed by atoms with E-state index in [9.17, 15) is 4.79 Å². The fourth-order valence-electron chi connectivity index (χ4n) is 2.83. The number of aryl methyl sites for hydroxylation is 2. The van der Waals surface area contributed by atoms with Gasteiger partial charge in [-0.15, -0.1) is 0 Å². The zero-order valence-electron chi connectivity index (χ0n) is 16.0. The molecule has 144 valence electrons. The van der Waals surface area contributed by atoms with Gasteiger partial charge < -0.3 is 10.1 Å². The molecule has 0 atom stereocenters. The van der Waals surface area contributed by atoms with Crippen LogP contribution in [-0.4, -0.2) is 25.7 Å². The van der Waals surface area contributed by atoms with Gasteiger partial charge in [0, 0.05) is 11.3 Å². The van der Waals surface area contributed by atoms with Crippen LogP contribution in [0, 0.1) is 13.8 Å². The highest BCUT2D eigenvalue weighted by molar-refractivity contribution is 6.04. The molecule has 2 aromatic heterocycles. The Morgan fingerprint density at radius 3 is 2.21 bits per heavy atom. The van der Waals surface area contributed by atoms with Crippen molar-refractivity contribution in [3.05, 3.63) is 90.0 Å². The number of ether oxygens (including phenoxy) is 1. The highest BCUT2D eigenvalue weighted by atomic mass is 16.5. The van der Waals surface area contributed by atoms with Crippen LogP contribution in [0.1, 0.15) is 21.7 Å². The number of nitrogens with zero attached hydrogens (tertiary/aromatic N) is 4. The third-order valence-corrected chi connectivity index (χ3v) is 4.19. The average molecular weight is 385 g/mol. The minimum Gasteiger partial charge on any atom is -0.457 e. The summed E-state index contributed by atoms with van der Waals surface area (Å²) < 4.78 is 7.40. The first-order chi connectivity index (χ1) is 14.1. The van der Waals surface area contributed by atoms with Crippen molar-refractivity contribution in [2.75, 3.05) is 5.32 Å². The van der Waals surface area contributed by atoms with Crippen molar-refractivity contribution in [2.45, 2.75) is 13.8 Å². The van der Waals surface area contributed by atoms with E-state index >= 15 is 0 Å². The van der Waals surface area contributed by atoms with Crippen molar-refractivity contribution >= 4 is 11.6 Å². The third kappa shape index (κ3) is 4.30. The van der Waals surface area contributed by atoms with E-state index in [0.717, 1.165) is 17.1 Å². The SMILES string of the molecule is Cc1cc(C)n(-c2ncc(NC(=O)c3ccc(Oc4ccccc4)cc3)cn2)n1. The number of hydrogen-bond acceptors (Lipinski definition) is 5. The average Bonchev–Trinajstić information content (AvgIpc) is 3.08. The minimum absolute atomic E-state index is 0.251. The summed E-state index contributed by atoms with van der Waals surface area (Å²) in [5.74, 6) is 1.60. The number of nitrogens with one attached hydrogen (secondary N) is 1. The highest BCUT2D eigenvalue weighted by Crippen LogP contribution is 2.21. The van der Waals surface area contributed by atoms with Crippen molar-refractivity contribution in [3.8, 4) is 17.4 Å². The Hall–Kier alpha value is -4.00. The van der Waals surface area contributed by atoms with Crippen molar-refractivity contribution in [2.24, 2.45) is 0 Å². The molecule has 7 heteroatoms. The lowest BCUT2D eigenvalue weighted by molar-refractivity contribution is 0.102. The summed E-state index contributed by atoms with van der Waals surface area (Å²) in [4.78, 5) is 21.0. The van der Waals surface area contributed by atoms with Gasteiger partial charge in [-0.2, -0.15) is 5.10 Å². The Morgan fingerprint density at radius 2 is 1.59 bits per heavy atom. The lowest BCUT2D eigenvalue weighted by Crippen LogP contribution is -2.13. The molecule has 0 fully saturated rings. The Morgan fingerprint density at radius 1 is 0.931 bits per heavy atom. The molecule has 7 nitrogen and oxygen atoms in total. The minimum atomic E-state index is -0.251. The van der Waals surface area contributed by atoms with Gasteiger partial charge in [0.05, 0.1) is 23.8 Å². The molecule has 0 spiro atoms. The van der Waals surface area contributed by atoms with E-state index in [4.69, 9.17) is 4.74 Å². The van der Waals surface area contributed by atoms with E-state index in [1.807, 2.05) is 50.2 Å². The Kier molecular flexibility index (Phi) is 5.03. The second kappa shape index (κ2) is 7.93. The zero-order valence-corrected chi connectivity index (χ0v) is 16.0. The molecule has 0 unspecified atom stereocenters. The van der Waals surface area contributed by atoms with E-state index in [-0.39, 0.29) is 5.91 Å². The van der Waals surface area contributed by atoms with Crippen molar-refractivity contribution in [3.63, 3.8) is 0 Å². The van der Waals surface area contributed by atoms with Gasteiger partial charge in [0.25, 0.3) is 11.9 Å². The molecule has 4 aromatic rings. The lowest BCUT2D eigenvalue weighted by Gasteiger charge is -2.08. The number of carbonyl (C=O) groups excluding carboxylic acids is 1. The monoisotopic (exact) mass is 385 g/mol. The van der Waals surface area contributed by atoms with Gasteiger partial charge in [-0.25, -0.2) is 14.6 Å². The fourth-order valence-corrected chi connectivity index (χ4v) is 2.83. The van der Waals surface area contributed by atoms with Crippen LogP contribution < -0.4 is 10.1 Å². The van der Waals surface area contributed by atoms with E-state index < -0.39 is 0 Å². The van der Waals surface area contributed by atoms with E-state index in [2.05, 4.69) is 20.4 Å². The van der Waals surface area contributed by atoms with Crippen LogP contribution in [0.5, 0.6) is 11.5 Å². The highest BCUT2D eigenvalue weighted by Gasteiger charge is 2.10. The second-order valence-electron chi connectivity index (χ2n) is 6.50. The molecular formula is C22H19N5O2. The lowest BCUT2D eigenvalue weighted by atomic mass is 10.2. The van der Waals surface area contributed by atoms with Crippen LogP contribution in [-0.2, 0) is 0 Å². The molecule has 0 saturated heterocycles. The summed E-state index contributed by atoms with van der Waals surface area (Å²) in [6, 6.07) is 18.3. The maximum atomic E-state index is 12.5. The summed E-state index contributed by atoms with van der Waals surface area (Å²) in [7, 11) is 0. The third-order valence-electron chi connectivity index (χ3n) is 4.19. The Labute approximate surface area is 168 Å². The predicted octanol–water partition coefficient (Wildman–Crippen LogP) is 4.32. The van der Waals surface area contributed by atoms with Gasteiger partial charge >= 0.3 is 0 Å². The maximum Gasteiger partial charge on any atom is 0.255 e. The topological polar surface area (TPSA) is 81.9 Å². The van der Waals surface area contributed by atoms with Crippen molar-refractivity contribution in [1.29, 1.82) is 0 Å². The molecule has 0 radical (unpaired) electrons. The van der Waals surface area contributed by atoms with Crippen LogP contribution >= 0.6 is 0 Å². The quantitative estimate of drug-likeness (QED) is 0.553. The van der Waals surface area contributed by atoms with Gasteiger partial charge in [0.1, 0.15) is 11.5 Å². The summed E-state index contributed by atoms with van der Waals surface area (Å²) in [5, 5.41) is 7.14. The number of aromatic nitrogens is 4. The van der Waals surface area contributed by atoms with Crippen LogP contribution in [0.2, 0.25) is 0 Å². The van der Waals surface area contributed by atoms with Gasteiger partial charge in [-0.05, 0) is 56.3 Å². The fraction of sp³-hybridized carbons (Fsp3) is 0.0909. The summed E-state index contributed by atoms with van der Waals surface area (Å²) in [6.45, 7) is 3.85. The van der Waals surface area contributed by atoms with Crippen molar-refractivity contribution in [1.82, 2.24) is 19.7 Å². The predicted molar refractivity (Wildman–Crippen MR) is 110 cm³/mol. The first kappa shape index (κ1) is 18.4. The molecule has 4 rings (SSSR count). The molecule has 0 aliphatic heterocycles. The number of para-hydroxylation sites is 1. The molecule has 0 aliphatic rings. The molecule has 1 amide bonds. The van der Waals surface area contributed by atoms with Crippen LogP contribution in [0.3, 0.4) is 0 Å². The maximum absolute atomic E-state index is 12.5. The zero-order chi connectivity index (χ0) is 20.2. The van der Waals surface area contributed by atoms with Crippen molar-refractivity contribution < 1.29 is 9.53 Å². The summed E-state index contributed by atoms with van der Waals surface area (Å²) in [6.07, 6.45) is 3.12. The smallest absolute Gasteiger partial charge is 0.255 e. The largest absolute Gasteiger partial charge is 0.457 e. The number of benzene rings is 2. The standard InChI is InChI=1S/C22H19N5O2/c1-15-12-16(2)27(26-15)22-23-13-18(14-24-22)25-21(28)17-8-10-20(11-9-17)29-19-6-4-3-5-7-19/h3-14H,1-2H3,(H,25,28). The first-order valence-corrected chi connectivity index (χ1v) is 9.08. The summed E-state index contributed by atoms with van der Waals surface area (Å²) in [5.41, 5.74) is 2.85.